The van der Waals surface area contributed by atoms with E-state index >= 15 is 0 Å². The minimum atomic E-state index is -6.00. The third-order valence-corrected chi connectivity index (χ3v) is 7.19. The minimum Gasteiger partial charge on any atom is -0.493 e. The molecule has 1 fully saturated rings. The Balaban J connectivity index is 1.40. The van der Waals surface area contributed by atoms with Crippen LogP contribution in [0.25, 0.3) is 0 Å². The van der Waals surface area contributed by atoms with Crippen LogP contribution in [0, 0.1) is 5.92 Å². The number of imide groups is 1. The molecule has 2 aromatic carbocycles. The van der Waals surface area contributed by atoms with Gasteiger partial charge in [-0.15, -0.1) is 0 Å². The number of amides is 3. The minimum absolute atomic E-state index is 0.0102. The largest absolute Gasteiger partial charge is 0.493 e. The van der Waals surface area contributed by atoms with E-state index in [-0.39, 0.29) is 43.6 Å². The number of aliphatic hydroxyl groups is 1. The number of unbranched alkanes of at least 4 members (excludes halogenated alkanes) is 1. The lowest BCUT2D eigenvalue weighted by Crippen LogP contribution is -2.53. The molecule has 14 heteroatoms. The van der Waals surface area contributed by atoms with Gasteiger partial charge in [-0.2, -0.15) is 26.3 Å². The first-order valence-corrected chi connectivity index (χ1v) is 13.2. The number of carbonyl (C=O) groups excluding carboxylic acids is 2. The van der Waals surface area contributed by atoms with Crippen molar-refractivity contribution in [1.82, 2.24) is 10.2 Å². The average Bonchev–Trinajstić information content (AvgIpc) is 3.44. The molecule has 4 rings (SSSR count). The summed E-state index contributed by atoms with van der Waals surface area (Å²) >= 11 is 0. The molecule has 0 saturated carbocycles. The Bertz CT molecular complexity index is 1330. The molecular formula is C28H30F6N2O6. The van der Waals surface area contributed by atoms with Gasteiger partial charge < -0.3 is 24.6 Å². The van der Waals surface area contributed by atoms with E-state index in [1.165, 1.54) is 0 Å². The molecule has 2 N–H and O–H groups in total. The van der Waals surface area contributed by atoms with Crippen molar-refractivity contribution >= 4 is 11.9 Å². The van der Waals surface area contributed by atoms with Crippen molar-refractivity contribution in [2.24, 2.45) is 5.92 Å². The first-order valence-electron chi connectivity index (χ1n) is 13.2. The third-order valence-electron chi connectivity index (χ3n) is 7.19. The van der Waals surface area contributed by atoms with E-state index in [0.29, 0.717) is 42.0 Å². The first-order chi connectivity index (χ1) is 19.5. The van der Waals surface area contributed by atoms with E-state index in [9.17, 15) is 41.0 Å². The fourth-order valence-corrected chi connectivity index (χ4v) is 4.89. The third kappa shape index (κ3) is 5.68. The molecular weight excluding hydrogens is 574 g/mol. The van der Waals surface area contributed by atoms with Crippen molar-refractivity contribution in [1.29, 1.82) is 0 Å². The van der Waals surface area contributed by atoms with Gasteiger partial charge in [0, 0.05) is 12.1 Å². The Kier molecular flexibility index (Phi) is 8.33. The van der Waals surface area contributed by atoms with Crippen LogP contribution in [0.2, 0.25) is 0 Å². The second kappa shape index (κ2) is 11.2. The normalized spacial score (nSPS) is 19.1. The van der Waals surface area contributed by atoms with Gasteiger partial charge in [0.25, 0.3) is 11.5 Å². The number of carbonyl (C=O) groups is 2. The second-order valence-electron chi connectivity index (χ2n) is 10.8. The van der Waals surface area contributed by atoms with E-state index in [4.69, 9.17) is 14.2 Å². The number of ether oxygens (including phenoxy) is 3. The molecule has 8 nitrogen and oxygen atoms in total. The molecule has 2 aliphatic rings. The van der Waals surface area contributed by atoms with Gasteiger partial charge in [0.05, 0.1) is 6.61 Å². The molecule has 0 aromatic heterocycles. The average molecular weight is 605 g/mol. The number of nitrogens with zero attached hydrogens (tertiary/aromatic N) is 1. The van der Waals surface area contributed by atoms with Crippen molar-refractivity contribution < 1.29 is 55.2 Å². The van der Waals surface area contributed by atoms with Crippen molar-refractivity contribution in [2.45, 2.75) is 63.5 Å². The van der Waals surface area contributed by atoms with Crippen molar-refractivity contribution in [3.05, 3.63) is 53.1 Å². The number of urea groups is 1. The maximum atomic E-state index is 13.4. The van der Waals surface area contributed by atoms with Crippen LogP contribution in [0.1, 0.15) is 50.3 Å². The Morgan fingerprint density at radius 1 is 1.00 bits per heavy atom. The van der Waals surface area contributed by atoms with Gasteiger partial charge in [-0.3, -0.25) is 9.69 Å². The zero-order valence-corrected chi connectivity index (χ0v) is 23.0. The standard InChI is InChI=1S/C28H30F6N2O6/c1-16(2)12-17-13-19(26(39,27(29,30)31)28(32,33)34)7-8-20(17)40-11-5-4-10-36-23(37)25(3,35-24(36)38)18-6-9-21-22(14-18)42-15-41-21/h6-9,13-14,16,39H,4-5,10-12,15H2,1-3H3,(H,35,38). The highest BCUT2D eigenvalue weighted by Gasteiger charge is 2.71. The fourth-order valence-electron chi connectivity index (χ4n) is 4.89. The number of rotatable bonds is 10. The number of fused-ring (bicyclic) bond motifs is 1. The predicted molar refractivity (Wildman–Crippen MR) is 136 cm³/mol. The summed E-state index contributed by atoms with van der Waals surface area (Å²) in [4.78, 5) is 26.9. The summed E-state index contributed by atoms with van der Waals surface area (Å²) in [5, 5.41) is 12.5. The van der Waals surface area contributed by atoms with Crippen LogP contribution in [0.4, 0.5) is 31.1 Å². The highest BCUT2D eigenvalue weighted by Crippen LogP contribution is 2.50. The molecule has 0 radical (unpaired) electrons. The van der Waals surface area contributed by atoms with Crippen molar-refractivity contribution in [3.8, 4) is 17.2 Å². The van der Waals surface area contributed by atoms with Crippen molar-refractivity contribution in [3.63, 3.8) is 0 Å². The highest BCUT2D eigenvalue weighted by molar-refractivity contribution is 6.07. The molecule has 0 aliphatic carbocycles. The van der Waals surface area contributed by atoms with Gasteiger partial charge in [0.15, 0.2) is 11.5 Å². The highest BCUT2D eigenvalue weighted by atomic mass is 19.4. The Morgan fingerprint density at radius 2 is 1.67 bits per heavy atom. The number of halogens is 6. The molecule has 1 atom stereocenters. The Hall–Kier alpha value is -3.68. The molecule has 1 saturated heterocycles. The van der Waals surface area contributed by atoms with Crippen LogP contribution in [0.3, 0.4) is 0 Å². The van der Waals surface area contributed by atoms with E-state index in [1.54, 1.807) is 39.0 Å². The monoisotopic (exact) mass is 604 g/mol. The molecule has 42 heavy (non-hydrogen) atoms. The summed E-state index contributed by atoms with van der Waals surface area (Å²) in [6.07, 6.45) is -11.3. The van der Waals surface area contributed by atoms with Crippen LogP contribution >= 0.6 is 0 Å². The molecule has 0 bridgehead atoms. The quantitative estimate of drug-likeness (QED) is 0.210. The van der Waals surface area contributed by atoms with Crippen LogP contribution in [0.5, 0.6) is 17.2 Å². The molecule has 0 spiro atoms. The number of alkyl halides is 6. The molecule has 3 amide bonds. The zero-order valence-electron chi connectivity index (χ0n) is 23.0. The lowest BCUT2D eigenvalue weighted by atomic mass is 9.89. The fraction of sp³-hybridized carbons (Fsp3) is 0.500. The lowest BCUT2D eigenvalue weighted by Gasteiger charge is -2.33. The van der Waals surface area contributed by atoms with E-state index in [1.807, 2.05) is 0 Å². The number of benzene rings is 2. The second-order valence-corrected chi connectivity index (χ2v) is 10.8. The van der Waals surface area contributed by atoms with Gasteiger partial charge in [-0.25, -0.2) is 4.79 Å². The van der Waals surface area contributed by atoms with Crippen LogP contribution in [0.15, 0.2) is 36.4 Å². The predicted octanol–water partition coefficient (Wildman–Crippen LogP) is 5.55. The van der Waals surface area contributed by atoms with Crippen molar-refractivity contribution in [2.75, 3.05) is 19.9 Å². The van der Waals surface area contributed by atoms with Gasteiger partial charge >= 0.3 is 18.4 Å². The maximum Gasteiger partial charge on any atom is 0.430 e. The molecule has 2 aromatic rings. The number of hydrogen-bond acceptors (Lipinski definition) is 6. The molecule has 230 valence electrons. The zero-order chi connectivity index (χ0) is 31.1. The Morgan fingerprint density at radius 3 is 2.31 bits per heavy atom. The summed E-state index contributed by atoms with van der Waals surface area (Å²) in [6, 6.07) is 6.54. The van der Waals surface area contributed by atoms with Gasteiger partial charge in [-0.1, -0.05) is 26.0 Å². The first kappa shape index (κ1) is 31.3. The number of hydrogen-bond donors (Lipinski definition) is 2. The van der Waals surface area contributed by atoms with E-state index in [2.05, 4.69) is 5.32 Å². The molecule has 2 heterocycles. The topological polar surface area (TPSA) is 97.3 Å². The number of nitrogens with one attached hydrogen (secondary N) is 1. The van der Waals surface area contributed by atoms with Crippen LogP contribution < -0.4 is 19.5 Å². The summed E-state index contributed by atoms with van der Waals surface area (Å²) < 4.78 is 96.6. The maximum absolute atomic E-state index is 13.4. The Labute approximate surface area is 237 Å². The van der Waals surface area contributed by atoms with E-state index < -0.39 is 41.0 Å². The summed E-state index contributed by atoms with van der Waals surface area (Å²) in [7, 11) is 0. The van der Waals surface area contributed by atoms with Gasteiger partial charge in [-0.05, 0) is 67.5 Å². The van der Waals surface area contributed by atoms with E-state index in [0.717, 1.165) is 11.0 Å². The van der Waals surface area contributed by atoms with Crippen LogP contribution in [-0.2, 0) is 22.4 Å². The summed E-state index contributed by atoms with van der Waals surface area (Å²) in [5.41, 5.74) is -7.13. The SMILES string of the molecule is CC(C)Cc1cc(C(O)(C(F)(F)F)C(F)(F)F)ccc1OCCCCN1C(=O)NC(C)(c2ccc3c(c2)OCO3)C1=O. The molecule has 1 unspecified atom stereocenters. The lowest BCUT2D eigenvalue weighted by molar-refractivity contribution is -0.376. The van der Waals surface area contributed by atoms with Crippen LogP contribution in [-0.4, -0.2) is 54.2 Å². The summed E-state index contributed by atoms with van der Waals surface area (Å²) in [5.74, 6) is 0.441. The van der Waals surface area contributed by atoms with Gasteiger partial charge in [0.1, 0.15) is 11.3 Å². The van der Waals surface area contributed by atoms with Gasteiger partial charge in [0.2, 0.25) is 6.79 Å². The summed E-state index contributed by atoms with van der Waals surface area (Å²) in [6.45, 7) is 5.15. The molecule has 2 aliphatic heterocycles. The smallest absolute Gasteiger partial charge is 0.430 e.